The Kier molecular flexibility index (Phi) is 4.46. The molecule has 1 fully saturated rings. The van der Waals surface area contributed by atoms with Gasteiger partial charge in [-0.25, -0.2) is 0 Å². The molecule has 0 radical (unpaired) electrons. The van der Waals surface area contributed by atoms with Crippen molar-refractivity contribution in [2.24, 2.45) is 5.41 Å². The molecule has 2 aromatic rings. The largest absolute Gasteiger partial charge is 0.466 e. The molecule has 26 heavy (non-hydrogen) atoms. The predicted octanol–water partition coefficient (Wildman–Crippen LogP) is 3.71. The molecular formula is C21H25N3O2. The summed E-state index contributed by atoms with van der Waals surface area (Å²) < 4.78 is 5.27. The van der Waals surface area contributed by atoms with Crippen molar-refractivity contribution in [1.82, 2.24) is 9.88 Å². The number of hydrogen-bond acceptors (Lipinski definition) is 4. The average Bonchev–Trinajstić information content (AvgIpc) is 3.00. The van der Waals surface area contributed by atoms with Crippen LogP contribution >= 0.6 is 0 Å². The number of aromatic nitrogens is 1. The first-order valence-corrected chi connectivity index (χ1v) is 9.54. The molecule has 5 nitrogen and oxygen atoms in total. The standard InChI is InChI=1S/C21H25N3O2/c1-2-26-18(25)14-21(10-11-22)9-5-12-24-13-8-16-15-6-3-4-7-17(15)23-19(16)20(21)24/h3-4,6-7,20,23H,2,5,8-10,12-14H2,1H3/t20-,21-/m1/s1. The number of para-hydroxylation sites is 1. The number of rotatable bonds is 4. The third kappa shape index (κ3) is 2.69. The maximum Gasteiger partial charge on any atom is 0.306 e. The van der Waals surface area contributed by atoms with E-state index in [0.717, 1.165) is 37.9 Å². The molecule has 0 amide bonds. The number of ether oxygens (including phenoxy) is 1. The van der Waals surface area contributed by atoms with E-state index in [-0.39, 0.29) is 17.4 Å². The van der Waals surface area contributed by atoms with Crippen molar-refractivity contribution >= 4 is 16.9 Å². The topological polar surface area (TPSA) is 69.1 Å². The van der Waals surface area contributed by atoms with Crippen molar-refractivity contribution < 1.29 is 9.53 Å². The molecule has 0 unspecified atom stereocenters. The Labute approximate surface area is 153 Å². The number of benzene rings is 1. The molecule has 1 saturated heterocycles. The number of nitriles is 1. The van der Waals surface area contributed by atoms with Crippen molar-refractivity contribution in [3.05, 3.63) is 35.5 Å². The molecular weight excluding hydrogens is 326 g/mol. The fourth-order valence-corrected chi connectivity index (χ4v) is 5.09. The lowest BCUT2D eigenvalue weighted by atomic mass is 9.66. The van der Waals surface area contributed by atoms with Crippen molar-refractivity contribution in [2.75, 3.05) is 19.7 Å². The molecule has 5 heteroatoms. The van der Waals surface area contributed by atoms with Gasteiger partial charge >= 0.3 is 5.97 Å². The Hall–Kier alpha value is -2.32. The first kappa shape index (κ1) is 17.1. The quantitative estimate of drug-likeness (QED) is 0.853. The molecule has 2 aliphatic rings. The Bertz CT molecular complexity index is 866. The van der Waals surface area contributed by atoms with Crippen molar-refractivity contribution in [2.45, 2.75) is 45.1 Å². The Morgan fingerprint density at radius 2 is 2.27 bits per heavy atom. The zero-order valence-electron chi connectivity index (χ0n) is 15.3. The average molecular weight is 351 g/mol. The van der Waals surface area contributed by atoms with E-state index in [2.05, 4.69) is 34.2 Å². The zero-order chi connectivity index (χ0) is 18.1. The Morgan fingerprint density at radius 3 is 3.08 bits per heavy atom. The van der Waals surface area contributed by atoms with Gasteiger partial charge in [0.15, 0.2) is 0 Å². The number of carbonyl (C=O) groups is 1. The summed E-state index contributed by atoms with van der Waals surface area (Å²) in [5, 5.41) is 10.8. The maximum absolute atomic E-state index is 12.4. The second-order valence-electron chi connectivity index (χ2n) is 7.53. The third-order valence-electron chi connectivity index (χ3n) is 6.07. The highest BCUT2D eigenvalue weighted by Crippen LogP contribution is 2.53. The SMILES string of the molecule is CCOC(=O)C[C@]1(CC#N)CCCN2CCc3c([nH]c4ccccc34)[C@@H]21. The summed E-state index contributed by atoms with van der Waals surface area (Å²) in [5.74, 6) is -0.187. The van der Waals surface area contributed by atoms with Crippen molar-refractivity contribution in [3.63, 3.8) is 0 Å². The van der Waals surface area contributed by atoms with E-state index < -0.39 is 0 Å². The summed E-state index contributed by atoms with van der Waals surface area (Å²) in [4.78, 5) is 18.5. The van der Waals surface area contributed by atoms with Gasteiger partial charge in [0.1, 0.15) is 0 Å². The van der Waals surface area contributed by atoms with Crippen LogP contribution in [0.1, 0.15) is 49.9 Å². The molecule has 0 aliphatic carbocycles. The minimum atomic E-state index is -0.380. The maximum atomic E-state index is 12.4. The zero-order valence-corrected chi connectivity index (χ0v) is 15.3. The first-order valence-electron chi connectivity index (χ1n) is 9.54. The Balaban J connectivity index is 1.82. The molecule has 1 aromatic heterocycles. The van der Waals surface area contributed by atoms with Crippen molar-refractivity contribution in [1.29, 1.82) is 5.26 Å². The second-order valence-corrected chi connectivity index (χ2v) is 7.53. The highest BCUT2D eigenvalue weighted by Gasteiger charge is 2.49. The number of aromatic amines is 1. The number of fused-ring (bicyclic) bond motifs is 5. The number of nitrogens with one attached hydrogen (secondary N) is 1. The fourth-order valence-electron chi connectivity index (χ4n) is 5.09. The molecule has 4 rings (SSSR count). The fraction of sp³-hybridized carbons (Fsp3) is 0.524. The summed E-state index contributed by atoms with van der Waals surface area (Å²) in [5.41, 5.74) is 3.33. The third-order valence-corrected chi connectivity index (χ3v) is 6.07. The van der Waals surface area contributed by atoms with Crippen LogP contribution in [0, 0.1) is 16.7 Å². The van der Waals surface area contributed by atoms with Gasteiger partial charge in [-0.3, -0.25) is 9.69 Å². The molecule has 3 heterocycles. The summed E-state index contributed by atoms with van der Waals surface area (Å²) >= 11 is 0. The van der Waals surface area contributed by atoms with Gasteiger partial charge in [-0.05, 0) is 44.4 Å². The van der Waals surface area contributed by atoms with Gasteiger partial charge in [-0.15, -0.1) is 0 Å². The molecule has 1 N–H and O–H groups in total. The number of H-pyrrole nitrogens is 1. The minimum absolute atomic E-state index is 0.0801. The summed E-state index contributed by atoms with van der Waals surface area (Å²) in [7, 11) is 0. The van der Waals surface area contributed by atoms with Crippen molar-refractivity contribution in [3.8, 4) is 6.07 Å². The van der Waals surface area contributed by atoms with E-state index in [1.165, 1.54) is 16.6 Å². The van der Waals surface area contributed by atoms with E-state index in [0.29, 0.717) is 19.4 Å². The van der Waals surface area contributed by atoms with Crippen LogP contribution in [0.5, 0.6) is 0 Å². The van der Waals surface area contributed by atoms with Crippen LogP contribution < -0.4 is 0 Å². The van der Waals surface area contributed by atoms with Crippen LogP contribution in [0.3, 0.4) is 0 Å². The second kappa shape index (κ2) is 6.77. The van der Waals surface area contributed by atoms with Gasteiger partial charge in [-0.1, -0.05) is 18.2 Å². The monoisotopic (exact) mass is 351 g/mol. The van der Waals surface area contributed by atoms with E-state index in [9.17, 15) is 10.1 Å². The smallest absolute Gasteiger partial charge is 0.306 e. The summed E-state index contributed by atoms with van der Waals surface area (Å²) in [6, 6.07) is 10.9. The van der Waals surface area contributed by atoms with Gasteiger partial charge in [0, 0.05) is 35.0 Å². The number of nitrogens with zero attached hydrogens (tertiary/aromatic N) is 2. The van der Waals surface area contributed by atoms with Gasteiger partial charge < -0.3 is 9.72 Å². The van der Waals surface area contributed by atoms with Crippen LogP contribution in [0.2, 0.25) is 0 Å². The van der Waals surface area contributed by atoms with E-state index >= 15 is 0 Å². The lowest BCUT2D eigenvalue weighted by Crippen LogP contribution is -2.50. The predicted molar refractivity (Wildman–Crippen MR) is 99.5 cm³/mol. The van der Waals surface area contributed by atoms with E-state index in [1.807, 2.05) is 13.0 Å². The number of esters is 1. The van der Waals surface area contributed by atoms with Crippen LogP contribution in [-0.2, 0) is 16.0 Å². The molecule has 136 valence electrons. The highest BCUT2D eigenvalue weighted by atomic mass is 16.5. The lowest BCUT2D eigenvalue weighted by Gasteiger charge is -2.51. The van der Waals surface area contributed by atoms with Crippen LogP contribution in [-0.4, -0.2) is 35.5 Å². The molecule has 2 aliphatic heterocycles. The number of piperidine rings is 1. The van der Waals surface area contributed by atoms with Crippen LogP contribution in [0.25, 0.3) is 10.9 Å². The highest BCUT2D eigenvalue weighted by molar-refractivity contribution is 5.85. The molecule has 2 atom stereocenters. The van der Waals surface area contributed by atoms with Gasteiger partial charge in [0.05, 0.1) is 25.1 Å². The normalized spacial score (nSPS) is 25.3. The van der Waals surface area contributed by atoms with Gasteiger partial charge in [0.25, 0.3) is 0 Å². The van der Waals surface area contributed by atoms with Gasteiger partial charge in [-0.2, -0.15) is 5.26 Å². The Morgan fingerprint density at radius 1 is 1.42 bits per heavy atom. The molecule has 1 aromatic carbocycles. The molecule has 0 saturated carbocycles. The molecule has 0 spiro atoms. The van der Waals surface area contributed by atoms with Crippen LogP contribution in [0.15, 0.2) is 24.3 Å². The van der Waals surface area contributed by atoms with E-state index in [4.69, 9.17) is 4.74 Å². The number of hydrogen-bond donors (Lipinski definition) is 1. The lowest BCUT2D eigenvalue weighted by molar-refractivity contribution is -0.148. The number of carbonyl (C=O) groups excluding carboxylic acids is 1. The summed E-state index contributed by atoms with van der Waals surface area (Å²) in [6.07, 6.45) is 3.60. The molecule has 0 bridgehead atoms. The van der Waals surface area contributed by atoms with Crippen LogP contribution in [0.4, 0.5) is 0 Å². The summed E-state index contributed by atoms with van der Waals surface area (Å²) in [6.45, 7) is 4.22. The van der Waals surface area contributed by atoms with E-state index in [1.54, 1.807) is 0 Å². The first-order chi connectivity index (χ1) is 12.7. The van der Waals surface area contributed by atoms with Gasteiger partial charge in [0.2, 0.25) is 0 Å². The minimum Gasteiger partial charge on any atom is -0.466 e.